The van der Waals surface area contributed by atoms with E-state index in [1.54, 1.807) is 66.9 Å². The lowest BCUT2D eigenvalue weighted by Crippen LogP contribution is -2.38. The van der Waals surface area contributed by atoms with Gasteiger partial charge in [0.15, 0.2) is 6.10 Å². The number of urea groups is 1. The first-order chi connectivity index (χ1) is 19.8. The van der Waals surface area contributed by atoms with Crippen molar-refractivity contribution in [3.8, 4) is 5.75 Å². The summed E-state index contributed by atoms with van der Waals surface area (Å²) in [6, 6.07) is 21.3. The molecule has 0 aliphatic carbocycles. The lowest BCUT2D eigenvalue weighted by atomic mass is 10.1. The van der Waals surface area contributed by atoms with Crippen LogP contribution in [0.4, 0.5) is 16.2 Å². The van der Waals surface area contributed by atoms with E-state index in [-0.39, 0.29) is 24.7 Å². The smallest absolute Gasteiger partial charge is 0.333 e. The molecular formula is C30H35N3O7S. The molecule has 1 unspecified atom stereocenters. The van der Waals surface area contributed by atoms with Crippen LogP contribution in [0.25, 0.3) is 0 Å². The van der Waals surface area contributed by atoms with Gasteiger partial charge in [-0.15, -0.1) is 11.8 Å². The highest BCUT2D eigenvalue weighted by Crippen LogP contribution is 2.23. The molecule has 0 aromatic heterocycles. The summed E-state index contributed by atoms with van der Waals surface area (Å²) in [7, 11) is 0. The van der Waals surface area contributed by atoms with E-state index < -0.39 is 17.0 Å². The van der Waals surface area contributed by atoms with Crippen LogP contribution in [0.3, 0.4) is 0 Å². The molecule has 3 rings (SSSR count). The van der Waals surface area contributed by atoms with Gasteiger partial charge in [0.25, 0.3) is 5.69 Å². The van der Waals surface area contributed by atoms with Crippen LogP contribution in [0.2, 0.25) is 0 Å². The molecule has 0 radical (unpaired) electrons. The summed E-state index contributed by atoms with van der Waals surface area (Å²) in [4.78, 5) is 38.1. The summed E-state index contributed by atoms with van der Waals surface area (Å²) >= 11 is 1.71. The first-order valence-electron chi connectivity index (χ1n) is 13.3. The number of hydrogen-bond acceptors (Lipinski definition) is 7. The first-order valence-corrected chi connectivity index (χ1v) is 14.3. The van der Waals surface area contributed by atoms with Crippen molar-refractivity contribution in [1.82, 2.24) is 4.90 Å². The van der Waals surface area contributed by atoms with Crippen molar-refractivity contribution >= 4 is 35.1 Å². The summed E-state index contributed by atoms with van der Waals surface area (Å²) in [5.41, 5.74) is 1.61. The molecule has 218 valence electrons. The number of ether oxygens (including phenoxy) is 2. The third-order valence-electron chi connectivity index (χ3n) is 6.15. The van der Waals surface area contributed by atoms with Crippen molar-refractivity contribution < 1.29 is 29.1 Å². The van der Waals surface area contributed by atoms with E-state index in [2.05, 4.69) is 5.32 Å². The predicted octanol–water partition coefficient (Wildman–Crippen LogP) is 6.03. The van der Waals surface area contributed by atoms with Gasteiger partial charge in [-0.25, -0.2) is 9.59 Å². The number of aliphatic carboxylic acids is 1. The van der Waals surface area contributed by atoms with Crippen LogP contribution in [0.15, 0.2) is 77.7 Å². The molecule has 10 nitrogen and oxygen atoms in total. The normalized spacial score (nSPS) is 11.5. The fourth-order valence-electron chi connectivity index (χ4n) is 3.99. The minimum Gasteiger partial charge on any atom is -0.492 e. The maximum Gasteiger partial charge on any atom is 0.333 e. The standard InChI is InChI=1S/C30H35N3O7S/c1-3-39-28(29(34)35)20-23-11-14-25(15-12-23)40-18-17-32(16-7-19-41-26-8-5-4-6-9-26)30(36)31-24-13-10-22(2)27(21-24)33(37)38/h4-6,8-15,21,28H,3,7,16-20H2,1-2H3,(H,31,36)(H,34,35). The molecule has 11 heteroatoms. The van der Waals surface area contributed by atoms with Crippen molar-refractivity contribution in [3.05, 3.63) is 94.0 Å². The Morgan fingerprint density at radius 1 is 1.07 bits per heavy atom. The van der Waals surface area contributed by atoms with E-state index in [0.717, 1.165) is 22.6 Å². The molecule has 0 saturated heterocycles. The molecule has 0 saturated carbocycles. The van der Waals surface area contributed by atoms with Crippen molar-refractivity contribution in [2.75, 3.05) is 37.4 Å². The number of aryl methyl sites for hydroxylation is 1. The lowest BCUT2D eigenvalue weighted by molar-refractivity contribution is -0.385. The van der Waals surface area contributed by atoms with Crippen molar-refractivity contribution in [3.63, 3.8) is 0 Å². The molecule has 0 aliphatic rings. The average molecular weight is 582 g/mol. The number of carbonyl (C=O) groups excluding carboxylic acids is 1. The van der Waals surface area contributed by atoms with E-state index in [1.165, 1.54) is 6.07 Å². The fraction of sp³-hybridized carbons (Fsp3) is 0.333. The highest BCUT2D eigenvalue weighted by Gasteiger charge is 2.19. The summed E-state index contributed by atoms with van der Waals surface area (Å²) < 4.78 is 11.1. The summed E-state index contributed by atoms with van der Waals surface area (Å²) in [6.45, 7) is 4.70. The minimum absolute atomic E-state index is 0.0590. The molecule has 3 aromatic rings. The average Bonchev–Trinajstić information content (AvgIpc) is 2.96. The molecule has 3 aromatic carbocycles. The summed E-state index contributed by atoms with van der Waals surface area (Å²) in [6.07, 6.45) is 0.0735. The maximum atomic E-state index is 13.2. The number of carbonyl (C=O) groups is 2. The quantitative estimate of drug-likeness (QED) is 0.0907. The number of carboxylic acid groups (broad SMARTS) is 1. The van der Waals surface area contributed by atoms with Gasteiger partial charge in [0.2, 0.25) is 0 Å². The number of nitrogens with one attached hydrogen (secondary N) is 1. The number of thioether (sulfide) groups is 1. The molecule has 0 spiro atoms. The van der Waals surface area contributed by atoms with Gasteiger partial charge in [0, 0.05) is 41.8 Å². The van der Waals surface area contributed by atoms with Gasteiger partial charge in [-0.2, -0.15) is 0 Å². The van der Waals surface area contributed by atoms with E-state index >= 15 is 0 Å². The first kappa shape index (κ1) is 31.4. The second-order valence-corrected chi connectivity index (χ2v) is 10.3. The molecule has 2 amide bonds. The van der Waals surface area contributed by atoms with Crippen LogP contribution in [-0.4, -0.2) is 65.1 Å². The van der Waals surface area contributed by atoms with Crippen LogP contribution in [0.1, 0.15) is 24.5 Å². The second kappa shape index (κ2) is 16.2. The number of nitrogens with zero attached hydrogens (tertiary/aromatic N) is 2. The third kappa shape index (κ3) is 10.4. The molecule has 0 heterocycles. The third-order valence-corrected chi connectivity index (χ3v) is 7.24. The van der Waals surface area contributed by atoms with E-state index in [9.17, 15) is 24.8 Å². The highest BCUT2D eigenvalue weighted by molar-refractivity contribution is 7.99. The van der Waals surface area contributed by atoms with Gasteiger partial charge in [0.1, 0.15) is 12.4 Å². The van der Waals surface area contributed by atoms with E-state index in [4.69, 9.17) is 9.47 Å². The van der Waals surface area contributed by atoms with Crippen LogP contribution in [0, 0.1) is 17.0 Å². The second-order valence-electron chi connectivity index (χ2n) is 9.17. The van der Waals surface area contributed by atoms with E-state index in [0.29, 0.717) is 36.7 Å². The van der Waals surface area contributed by atoms with Crippen LogP contribution in [0.5, 0.6) is 5.75 Å². The lowest BCUT2D eigenvalue weighted by Gasteiger charge is -2.23. The molecule has 0 aliphatic heterocycles. The number of anilines is 1. The Balaban J connectivity index is 1.59. The van der Waals surface area contributed by atoms with Crippen LogP contribution in [-0.2, 0) is 16.0 Å². The number of carboxylic acids is 1. The Hall–Kier alpha value is -4.09. The summed E-state index contributed by atoms with van der Waals surface area (Å²) in [5.74, 6) is 0.393. The molecular weight excluding hydrogens is 546 g/mol. The summed E-state index contributed by atoms with van der Waals surface area (Å²) in [5, 5.41) is 23.4. The minimum atomic E-state index is -1.01. The zero-order chi connectivity index (χ0) is 29.6. The van der Waals surface area contributed by atoms with Crippen molar-refractivity contribution in [2.45, 2.75) is 37.7 Å². The van der Waals surface area contributed by atoms with Gasteiger partial charge in [-0.1, -0.05) is 36.4 Å². The Labute approximate surface area is 243 Å². The number of benzene rings is 3. The number of rotatable bonds is 16. The highest BCUT2D eigenvalue weighted by atomic mass is 32.2. The predicted molar refractivity (Wildman–Crippen MR) is 159 cm³/mol. The van der Waals surface area contributed by atoms with Gasteiger partial charge in [-0.05, 0) is 61.9 Å². The number of nitro benzene ring substituents is 1. The molecule has 2 N–H and O–H groups in total. The molecule has 0 fully saturated rings. The largest absolute Gasteiger partial charge is 0.492 e. The SMILES string of the molecule is CCOC(Cc1ccc(OCCN(CCCSc2ccccc2)C(=O)Nc2ccc(C)c([N+](=O)[O-])c2)cc1)C(=O)O. The zero-order valence-corrected chi connectivity index (χ0v) is 24.0. The van der Waals surface area contributed by atoms with Gasteiger partial charge < -0.3 is 24.8 Å². The Morgan fingerprint density at radius 2 is 1.80 bits per heavy atom. The number of amides is 2. The van der Waals surface area contributed by atoms with Crippen molar-refractivity contribution in [2.24, 2.45) is 0 Å². The zero-order valence-electron chi connectivity index (χ0n) is 23.2. The molecule has 1 atom stereocenters. The molecule has 0 bridgehead atoms. The number of nitro groups is 1. The monoisotopic (exact) mass is 581 g/mol. The topological polar surface area (TPSA) is 131 Å². The Morgan fingerprint density at radius 3 is 2.46 bits per heavy atom. The van der Waals surface area contributed by atoms with Crippen LogP contribution >= 0.6 is 11.8 Å². The van der Waals surface area contributed by atoms with Crippen molar-refractivity contribution in [1.29, 1.82) is 0 Å². The molecule has 41 heavy (non-hydrogen) atoms. The number of hydrogen-bond donors (Lipinski definition) is 2. The Bertz CT molecular complexity index is 1290. The van der Waals surface area contributed by atoms with Gasteiger partial charge >= 0.3 is 12.0 Å². The fourth-order valence-corrected chi connectivity index (χ4v) is 4.85. The van der Waals surface area contributed by atoms with E-state index in [1.807, 2.05) is 30.3 Å². The van der Waals surface area contributed by atoms with Crippen LogP contribution < -0.4 is 10.1 Å². The Kier molecular flexibility index (Phi) is 12.5. The van der Waals surface area contributed by atoms with Gasteiger partial charge in [0.05, 0.1) is 11.5 Å². The maximum absolute atomic E-state index is 13.2. The van der Waals surface area contributed by atoms with Gasteiger partial charge in [-0.3, -0.25) is 10.1 Å².